The molecule has 2 aromatic carbocycles. The molecule has 152 valence electrons. The molecule has 0 saturated heterocycles. The number of carbonyl (C=O) groups excluding carboxylic acids is 1. The fraction of sp³-hybridized carbons (Fsp3) is 0.167. The van der Waals surface area contributed by atoms with Crippen LogP contribution in [0.15, 0.2) is 45.9 Å². The molecule has 3 aromatic rings. The van der Waals surface area contributed by atoms with E-state index >= 15 is 0 Å². The van der Waals surface area contributed by atoms with Gasteiger partial charge in [-0.25, -0.2) is 22.9 Å². The van der Waals surface area contributed by atoms with Gasteiger partial charge in [0.05, 0.1) is 16.4 Å². The Morgan fingerprint density at radius 2 is 1.86 bits per heavy atom. The number of halogens is 5. The number of hydrogen-bond donors (Lipinski definition) is 0. The summed E-state index contributed by atoms with van der Waals surface area (Å²) in [7, 11) is 0. The Hall–Kier alpha value is -2.23. The molecule has 0 bridgehead atoms. The van der Waals surface area contributed by atoms with E-state index in [-0.39, 0.29) is 21.1 Å². The van der Waals surface area contributed by atoms with Crippen molar-refractivity contribution in [2.45, 2.75) is 19.9 Å². The summed E-state index contributed by atoms with van der Waals surface area (Å²) in [5.41, 5.74) is -0.774. The van der Waals surface area contributed by atoms with E-state index in [9.17, 15) is 18.4 Å². The minimum atomic E-state index is -0.945. The third kappa shape index (κ3) is 4.08. The summed E-state index contributed by atoms with van der Waals surface area (Å²) in [5.74, 6) is -1.73. The Morgan fingerprint density at radius 1 is 1.17 bits per heavy atom. The monoisotopic (exact) mass is 504 g/mol. The average molecular weight is 506 g/mol. The maximum Gasteiger partial charge on any atom is 0.360 e. The van der Waals surface area contributed by atoms with Gasteiger partial charge in [0.15, 0.2) is 0 Å². The molecule has 6 nitrogen and oxygen atoms in total. The van der Waals surface area contributed by atoms with E-state index < -0.39 is 29.4 Å². The van der Waals surface area contributed by atoms with Crippen LogP contribution in [-0.2, 0) is 0 Å². The van der Waals surface area contributed by atoms with Gasteiger partial charge in [-0.2, -0.15) is 0 Å². The zero-order valence-electron chi connectivity index (χ0n) is 15.0. The summed E-state index contributed by atoms with van der Waals surface area (Å²) in [6.45, 7) is 3.24. The van der Waals surface area contributed by atoms with E-state index in [0.717, 1.165) is 21.6 Å². The van der Waals surface area contributed by atoms with Crippen LogP contribution in [0.1, 0.15) is 13.8 Å². The van der Waals surface area contributed by atoms with Gasteiger partial charge in [-0.05, 0) is 60.1 Å². The first-order chi connectivity index (χ1) is 13.6. The molecule has 3 rings (SSSR count). The van der Waals surface area contributed by atoms with E-state index in [4.69, 9.17) is 23.2 Å². The fourth-order valence-electron chi connectivity index (χ4n) is 2.71. The van der Waals surface area contributed by atoms with Gasteiger partial charge in [-0.15, -0.1) is 9.78 Å². The topological polar surface area (TPSA) is 60.1 Å². The summed E-state index contributed by atoms with van der Waals surface area (Å²) >= 11 is 15.2. The molecule has 11 heteroatoms. The number of carbonyl (C=O) groups is 1. The first kappa shape index (κ1) is 21.5. The minimum Gasteiger partial charge on any atom is -0.287 e. The zero-order chi connectivity index (χ0) is 21.5. The molecule has 1 aromatic heterocycles. The van der Waals surface area contributed by atoms with Gasteiger partial charge < -0.3 is 0 Å². The lowest BCUT2D eigenvalue weighted by atomic mass is 10.2. The van der Waals surface area contributed by atoms with E-state index in [1.54, 1.807) is 13.8 Å². The standard InChI is InChI=1S/C18H13BrCl2F2N4O2/c1-9(2)25(15-6-4-11(22)8-13(15)23)17(28)27-18(29)26(16(19)24-27)14-5-3-10(20)7-12(14)21/h3-9H,1-2H3. The number of nitrogens with zero attached hydrogens (tertiary/aromatic N) is 4. The maximum atomic E-state index is 14.3. The predicted molar refractivity (Wildman–Crippen MR) is 110 cm³/mol. The highest BCUT2D eigenvalue weighted by atomic mass is 79.9. The van der Waals surface area contributed by atoms with Gasteiger partial charge >= 0.3 is 11.7 Å². The van der Waals surface area contributed by atoms with Crippen molar-refractivity contribution in [3.63, 3.8) is 0 Å². The van der Waals surface area contributed by atoms with E-state index in [1.165, 1.54) is 18.2 Å². The molecular weight excluding hydrogens is 493 g/mol. The van der Waals surface area contributed by atoms with E-state index in [2.05, 4.69) is 21.0 Å². The Kier molecular flexibility index (Phi) is 6.11. The van der Waals surface area contributed by atoms with Crippen LogP contribution in [0.25, 0.3) is 5.69 Å². The second-order valence-corrected chi connectivity index (χ2v) is 7.79. The number of rotatable bonds is 3. The highest BCUT2D eigenvalue weighted by molar-refractivity contribution is 9.10. The molecule has 0 spiro atoms. The molecule has 0 N–H and O–H groups in total. The quantitative estimate of drug-likeness (QED) is 0.487. The normalized spacial score (nSPS) is 11.2. The highest BCUT2D eigenvalue weighted by Gasteiger charge is 2.28. The van der Waals surface area contributed by atoms with Crippen molar-refractivity contribution in [3.8, 4) is 5.69 Å². The largest absolute Gasteiger partial charge is 0.360 e. The maximum absolute atomic E-state index is 14.3. The Labute approximate surface area is 182 Å². The van der Waals surface area contributed by atoms with Gasteiger partial charge in [0.25, 0.3) is 0 Å². The second-order valence-electron chi connectivity index (χ2n) is 6.24. The van der Waals surface area contributed by atoms with Gasteiger partial charge in [0, 0.05) is 17.1 Å². The fourth-order valence-corrected chi connectivity index (χ4v) is 3.71. The minimum absolute atomic E-state index is 0.00311. The van der Waals surface area contributed by atoms with E-state index in [0.29, 0.717) is 15.8 Å². The van der Waals surface area contributed by atoms with Gasteiger partial charge in [-0.3, -0.25) is 4.90 Å². The Bertz CT molecular complexity index is 1160. The number of amides is 1. The molecular formula is C18H13BrCl2F2N4O2. The molecule has 0 aliphatic heterocycles. The molecule has 1 amide bonds. The van der Waals surface area contributed by atoms with Crippen molar-refractivity contribution in [2.24, 2.45) is 0 Å². The summed E-state index contributed by atoms with van der Waals surface area (Å²) in [5, 5.41) is 4.46. The van der Waals surface area contributed by atoms with Gasteiger partial charge in [0.2, 0.25) is 4.73 Å². The Morgan fingerprint density at radius 3 is 2.45 bits per heavy atom. The van der Waals surface area contributed by atoms with Crippen LogP contribution in [-0.4, -0.2) is 26.4 Å². The number of benzene rings is 2. The van der Waals surface area contributed by atoms with Crippen molar-refractivity contribution in [3.05, 3.63) is 73.3 Å². The number of hydrogen-bond acceptors (Lipinski definition) is 3. The molecule has 0 saturated carbocycles. The first-order valence-corrected chi connectivity index (χ1v) is 9.78. The lowest BCUT2D eigenvalue weighted by molar-refractivity contribution is 0.242. The molecule has 0 atom stereocenters. The Balaban J connectivity index is 2.12. The average Bonchev–Trinajstić information content (AvgIpc) is 2.91. The van der Waals surface area contributed by atoms with Crippen molar-refractivity contribution < 1.29 is 13.6 Å². The number of anilines is 1. The van der Waals surface area contributed by atoms with Crippen LogP contribution in [0.2, 0.25) is 10.0 Å². The van der Waals surface area contributed by atoms with Crippen molar-refractivity contribution in [1.29, 1.82) is 0 Å². The molecule has 0 aliphatic carbocycles. The SMILES string of the molecule is CC(C)N(C(=O)n1nc(Br)n(-c2ccc(Cl)cc2Cl)c1=O)c1ccc(F)cc1F. The van der Waals surface area contributed by atoms with Crippen molar-refractivity contribution in [1.82, 2.24) is 14.3 Å². The van der Waals surface area contributed by atoms with Crippen LogP contribution < -0.4 is 10.6 Å². The third-order valence-electron chi connectivity index (χ3n) is 3.96. The van der Waals surface area contributed by atoms with Crippen LogP contribution in [0.5, 0.6) is 0 Å². The summed E-state index contributed by atoms with van der Waals surface area (Å²) < 4.78 is 29.2. The van der Waals surface area contributed by atoms with Gasteiger partial charge in [-0.1, -0.05) is 23.2 Å². The summed E-state index contributed by atoms with van der Waals surface area (Å²) in [4.78, 5) is 27.0. The van der Waals surface area contributed by atoms with Crippen LogP contribution >= 0.6 is 39.1 Å². The van der Waals surface area contributed by atoms with Crippen LogP contribution in [0, 0.1) is 11.6 Å². The lowest BCUT2D eigenvalue weighted by Gasteiger charge is -2.26. The second kappa shape index (κ2) is 8.25. The van der Waals surface area contributed by atoms with Crippen LogP contribution in [0.3, 0.4) is 0 Å². The molecule has 0 unspecified atom stereocenters. The van der Waals surface area contributed by atoms with Gasteiger partial charge in [0.1, 0.15) is 11.6 Å². The first-order valence-electron chi connectivity index (χ1n) is 8.23. The van der Waals surface area contributed by atoms with Crippen LogP contribution in [0.4, 0.5) is 19.3 Å². The molecule has 29 heavy (non-hydrogen) atoms. The molecule has 0 fully saturated rings. The summed E-state index contributed by atoms with van der Waals surface area (Å²) in [6.07, 6.45) is 0. The number of aromatic nitrogens is 3. The molecule has 1 heterocycles. The van der Waals surface area contributed by atoms with Crippen molar-refractivity contribution >= 4 is 50.9 Å². The smallest absolute Gasteiger partial charge is 0.287 e. The molecule has 0 radical (unpaired) electrons. The predicted octanol–water partition coefficient (Wildman–Crippen LogP) is 5.26. The summed E-state index contributed by atoms with van der Waals surface area (Å²) in [6, 6.07) is 5.77. The lowest BCUT2D eigenvalue weighted by Crippen LogP contribution is -2.45. The third-order valence-corrected chi connectivity index (χ3v) is 5.01. The van der Waals surface area contributed by atoms with E-state index in [1.807, 2.05) is 0 Å². The van der Waals surface area contributed by atoms with Crippen molar-refractivity contribution in [2.75, 3.05) is 4.90 Å². The zero-order valence-corrected chi connectivity index (χ0v) is 18.1. The molecule has 0 aliphatic rings. The highest BCUT2D eigenvalue weighted by Crippen LogP contribution is 2.26.